The average Bonchev–Trinajstić information content (AvgIpc) is 3.08. The van der Waals surface area contributed by atoms with Gasteiger partial charge >= 0.3 is 0 Å². The molecule has 0 unspecified atom stereocenters. The van der Waals surface area contributed by atoms with Crippen LogP contribution in [0.25, 0.3) is 5.65 Å². The number of thioether (sulfide) groups is 1. The number of carbonyl (C=O) groups is 1. The number of rotatable bonds is 6. The first kappa shape index (κ1) is 21.4. The fourth-order valence-corrected chi connectivity index (χ4v) is 4.78. The van der Waals surface area contributed by atoms with Crippen LogP contribution in [-0.4, -0.2) is 57.0 Å². The first-order valence-corrected chi connectivity index (χ1v) is 11.7. The Morgan fingerprint density at radius 1 is 1.13 bits per heavy atom. The predicted molar refractivity (Wildman–Crippen MR) is 124 cm³/mol. The number of nitrogens with zero attached hydrogens (tertiary/aromatic N) is 5. The quantitative estimate of drug-likeness (QED) is 0.596. The molecule has 0 N–H and O–H groups in total. The molecule has 0 aliphatic carbocycles. The van der Waals surface area contributed by atoms with Crippen LogP contribution in [0.4, 0.5) is 0 Å². The maximum Gasteiger partial charge on any atom is 0.232 e. The predicted octanol–water partition coefficient (Wildman–Crippen LogP) is 3.40. The minimum Gasteiger partial charge on any atom is -0.339 e. The summed E-state index contributed by atoms with van der Waals surface area (Å²) in [5.74, 6) is 1.48. The van der Waals surface area contributed by atoms with Crippen molar-refractivity contribution in [3.8, 4) is 6.07 Å². The second kappa shape index (κ2) is 9.54. The Kier molecular flexibility index (Phi) is 6.59. The summed E-state index contributed by atoms with van der Waals surface area (Å²) in [5.41, 5.74) is 6.32. The highest BCUT2D eigenvalue weighted by Gasteiger charge is 2.22. The van der Waals surface area contributed by atoms with Gasteiger partial charge in [-0.15, -0.1) is 11.8 Å². The second-order valence-corrected chi connectivity index (χ2v) is 9.02. The van der Waals surface area contributed by atoms with Gasteiger partial charge in [-0.25, -0.2) is 4.98 Å². The monoisotopic (exact) mass is 433 g/mol. The van der Waals surface area contributed by atoms with Crippen molar-refractivity contribution in [3.63, 3.8) is 0 Å². The number of piperazine rings is 1. The van der Waals surface area contributed by atoms with E-state index in [4.69, 9.17) is 10.2 Å². The molecule has 4 rings (SSSR count). The van der Waals surface area contributed by atoms with Gasteiger partial charge in [0.05, 0.1) is 28.8 Å². The molecule has 31 heavy (non-hydrogen) atoms. The van der Waals surface area contributed by atoms with Crippen molar-refractivity contribution in [3.05, 3.63) is 70.7 Å². The molecular weight excluding hydrogens is 406 g/mol. The molecule has 3 heterocycles. The molecule has 1 fully saturated rings. The molecule has 1 amide bonds. The molecule has 160 valence electrons. The maximum absolute atomic E-state index is 12.6. The highest BCUT2D eigenvalue weighted by molar-refractivity contribution is 7.99. The number of carbonyl (C=O) groups excluding carboxylic acids is 1. The zero-order chi connectivity index (χ0) is 21.8. The summed E-state index contributed by atoms with van der Waals surface area (Å²) in [6.07, 6.45) is 2.10. The fourth-order valence-electron chi connectivity index (χ4n) is 3.90. The van der Waals surface area contributed by atoms with E-state index < -0.39 is 0 Å². The van der Waals surface area contributed by atoms with Crippen LogP contribution in [0.2, 0.25) is 0 Å². The lowest BCUT2D eigenvalue weighted by molar-refractivity contribution is -0.130. The summed E-state index contributed by atoms with van der Waals surface area (Å²) < 4.78 is 2.18. The Bertz CT molecular complexity index is 1110. The van der Waals surface area contributed by atoms with E-state index in [-0.39, 0.29) is 5.91 Å². The van der Waals surface area contributed by atoms with Gasteiger partial charge in [-0.05, 0) is 49.2 Å². The van der Waals surface area contributed by atoms with Gasteiger partial charge in [0.2, 0.25) is 5.91 Å². The molecule has 0 saturated carbocycles. The Morgan fingerprint density at radius 3 is 2.58 bits per heavy atom. The summed E-state index contributed by atoms with van der Waals surface area (Å²) in [5, 5.41) is 8.87. The molecule has 1 aliphatic rings. The lowest BCUT2D eigenvalue weighted by Gasteiger charge is -2.34. The van der Waals surface area contributed by atoms with E-state index in [1.807, 2.05) is 29.2 Å². The van der Waals surface area contributed by atoms with Gasteiger partial charge < -0.3 is 9.30 Å². The lowest BCUT2D eigenvalue weighted by atomic mass is 10.2. The molecule has 6 nitrogen and oxygen atoms in total. The van der Waals surface area contributed by atoms with E-state index in [0.717, 1.165) is 55.4 Å². The normalized spacial score (nSPS) is 14.7. The molecule has 1 aliphatic heterocycles. The lowest BCUT2D eigenvalue weighted by Crippen LogP contribution is -2.49. The van der Waals surface area contributed by atoms with Crippen LogP contribution >= 0.6 is 11.8 Å². The van der Waals surface area contributed by atoms with Crippen LogP contribution < -0.4 is 0 Å². The number of pyridine rings is 1. The number of amides is 1. The molecule has 1 aromatic carbocycles. The fraction of sp³-hybridized carbons (Fsp3) is 0.375. The van der Waals surface area contributed by atoms with Crippen molar-refractivity contribution >= 4 is 23.3 Å². The van der Waals surface area contributed by atoms with E-state index >= 15 is 0 Å². The van der Waals surface area contributed by atoms with Crippen LogP contribution in [0, 0.1) is 25.2 Å². The number of nitriles is 1. The Hall–Kier alpha value is -2.82. The summed E-state index contributed by atoms with van der Waals surface area (Å²) in [7, 11) is 0. The molecule has 0 radical (unpaired) electrons. The number of hydrogen-bond donors (Lipinski definition) is 0. The van der Waals surface area contributed by atoms with Crippen LogP contribution in [0.3, 0.4) is 0 Å². The molecule has 0 spiro atoms. The van der Waals surface area contributed by atoms with Crippen molar-refractivity contribution in [1.29, 1.82) is 5.26 Å². The van der Waals surface area contributed by atoms with E-state index in [9.17, 15) is 4.79 Å². The number of imidazole rings is 1. The number of benzene rings is 1. The van der Waals surface area contributed by atoms with E-state index in [1.165, 1.54) is 11.3 Å². The van der Waals surface area contributed by atoms with Gasteiger partial charge in [0, 0.05) is 44.7 Å². The smallest absolute Gasteiger partial charge is 0.232 e. The summed E-state index contributed by atoms with van der Waals surface area (Å²) >= 11 is 1.63. The minimum atomic E-state index is 0.208. The number of aromatic nitrogens is 2. The first-order valence-electron chi connectivity index (χ1n) is 10.5. The molecule has 2 aromatic heterocycles. The second-order valence-electron chi connectivity index (χ2n) is 8.03. The van der Waals surface area contributed by atoms with Gasteiger partial charge in [0.25, 0.3) is 0 Å². The highest BCUT2D eigenvalue weighted by Crippen LogP contribution is 2.18. The van der Waals surface area contributed by atoms with Gasteiger partial charge in [-0.2, -0.15) is 5.26 Å². The van der Waals surface area contributed by atoms with Gasteiger partial charge in [0.1, 0.15) is 5.65 Å². The van der Waals surface area contributed by atoms with Crippen molar-refractivity contribution in [2.75, 3.05) is 31.9 Å². The SMILES string of the molecule is Cc1ccn2c(CN3CCN(C(=O)CSCc4ccc(C#N)cc4)CC3)c(C)nc2c1. The van der Waals surface area contributed by atoms with Crippen molar-refractivity contribution in [1.82, 2.24) is 19.2 Å². The highest BCUT2D eigenvalue weighted by atomic mass is 32.2. The first-order chi connectivity index (χ1) is 15.0. The van der Waals surface area contributed by atoms with E-state index in [1.54, 1.807) is 11.8 Å². The molecule has 0 atom stereocenters. The zero-order valence-electron chi connectivity index (χ0n) is 18.0. The van der Waals surface area contributed by atoms with Gasteiger partial charge in [-0.3, -0.25) is 9.69 Å². The molecular formula is C24H27N5OS. The molecule has 3 aromatic rings. The Morgan fingerprint density at radius 2 is 1.87 bits per heavy atom. The standard InChI is InChI=1S/C24H27N5OS/c1-18-7-8-29-22(19(2)26-23(29)13-18)15-27-9-11-28(12-10-27)24(30)17-31-16-21-5-3-20(14-25)4-6-21/h3-8,13H,9-12,15-17H2,1-2H3. The number of hydrogen-bond acceptors (Lipinski definition) is 5. The largest absolute Gasteiger partial charge is 0.339 e. The summed E-state index contributed by atoms with van der Waals surface area (Å²) in [6, 6.07) is 13.9. The third-order valence-electron chi connectivity index (χ3n) is 5.76. The van der Waals surface area contributed by atoms with Crippen LogP contribution in [0.15, 0.2) is 42.6 Å². The zero-order valence-corrected chi connectivity index (χ0v) is 18.9. The van der Waals surface area contributed by atoms with Gasteiger partial charge in [-0.1, -0.05) is 12.1 Å². The van der Waals surface area contributed by atoms with Crippen LogP contribution in [-0.2, 0) is 17.1 Å². The molecule has 1 saturated heterocycles. The third-order valence-corrected chi connectivity index (χ3v) is 6.74. The van der Waals surface area contributed by atoms with Crippen molar-refractivity contribution in [2.45, 2.75) is 26.1 Å². The topological polar surface area (TPSA) is 64.6 Å². The summed E-state index contributed by atoms with van der Waals surface area (Å²) in [4.78, 5) is 21.7. The average molecular weight is 434 g/mol. The van der Waals surface area contributed by atoms with Crippen LogP contribution in [0.1, 0.15) is 28.1 Å². The summed E-state index contributed by atoms with van der Waals surface area (Å²) in [6.45, 7) is 8.31. The molecule has 7 heteroatoms. The van der Waals surface area contributed by atoms with Crippen LogP contribution in [0.5, 0.6) is 0 Å². The maximum atomic E-state index is 12.6. The number of aryl methyl sites for hydroxylation is 2. The number of fused-ring (bicyclic) bond motifs is 1. The van der Waals surface area contributed by atoms with Crippen molar-refractivity contribution < 1.29 is 4.79 Å². The van der Waals surface area contributed by atoms with E-state index in [2.05, 4.69) is 47.5 Å². The third kappa shape index (κ3) is 5.09. The van der Waals surface area contributed by atoms with Gasteiger partial charge in [0.15, 0.2) is 0 Å². The minimum absolute atomic E-state index is 0.208. The molecule has 0 bridgehead atoms. The Balaban J connectivity index is 1.25. The van der Waals surface area contributed by atoms with E-state index in [0.29, 0.717) is 11.3 Å². The van der Waals surface area contributed by atoms with Crippen molar-refractivity contribution in [2.24, 2.45) is 0 Å². The Labute approximate surface area is 187 Å².